The number of nitrogens with zero attached hydrogens (tertiary/aromatic N) is 1. The molecule has 1 aromatic heterocycles. The van der Waals surface area contributed by atoms with E-state index in [1.54, 1.807) is 13.0 Å². The van der Waals surface area contributed by atoms with Gasteiger partial charge in [0.2, 0.25) is 0 Å². The molecule has 4 aliphatic rings. The van der Waals surface area contributed by atoms with Crippen LogP contribution in [0.15, 0.2) is 34.9 Å². The summed E-state index contributed by atoms with van der Waals surface area (Å²) < 4.78 is 10.5. The van der Waals surface area contributed by atoms with E-state index in [0.29, 0.717) is 23.4 Å². The van der Waals surface area contributed by atoms with E-state index in [1.165, 1.54) is 17.5 Å². The summed E-state index contributed by atoms with van der Waals surface area (Å²) in [7, 11) is 0. The maximum Gasteiger partial charge on any atom is 0.312 e. The van der Waals surface area contributed by atoms with Gasteiger partial charge in [0.15, 0.2) is 12.4 Å². The van der Waals surface area contributed by atoms with Gasteiger partial charge in [0.25, 0.3) is 5.91 Å². The predicted octanol–water partition coefficient (Wildman–Crippen LogP) is 4.31. The van der Waals surface area contributed by atoms with Gasteiger partial charge in [-0.2, -0.15) is 0 Å². The van der Waals surface area contributed by atoms with Crippen LogP contribution in [-0.2, 0) is 19.7 Å². The van der Waals surface area contributed by atoms with E-state index < -0.39 is 11.3 Å². The van der Waals surface area contributed by atoms with Crippen LogP contribution in [0.25, 0.3) is 0 Å². The van der Waals surface area contributed by atoms with Crippen molar-refractivity contribution in [3.05, 3.63) is 47.2 Å². The Morgan fingerprint density at radius 1 is 1.13 bits per heavy atom. The van der Waals surface area contributed by atoms with Crippen LogP contribution >= 0.6 is 0 Å². The Morgan fingerprint density at radius 3 is 2.47 bits per heavy atom. The number of benzene rings is 1. The summed E-state index contributed by atoms with van der Waals surface area (Å²) in [6, 6.07) is 10.5. The Balaban J connectivity index is 1.30. The summed E-state index contributed by atoms with van der Waals surface area (Å²) in [5.41, 5.74) is 2.22. The van der Waals surface area contributed by atoms with E-state index in [1.807, 2.05) is 0 Å². The molecule has 4 bridgehead atoms. The first-order valence-corrected chi connectivity index (χ1v) is 10.8. The zero-order valence-corrected chi connectivity index (χ0v) is 17.6. The van der Waals surface area contributed by atoms with Gasteiger partial charge in [0.1, 0.15) is 5.76 Å². The minimum Gasteiger partial charge on any atom is -0.455 e. The van der Waals surface area contributed by atoms with Crippen molar-refractivity contribution in [2.75, 3.05) is 11.9 Å². The molecule has 0 saturated heterocycles. The molecule has 4 fully saturated rings. The van der Waals surface area contributed by atoms with Crippen LogP contribution in [0.4, 0.5) is 5.82 Å². The molecular weight excluding hydrogens is 380 g/mol. The third-order valence-electron chi connectivity index (χ3n) is 7.39. The highest BCUT2D eigenvalue weighted by atomic mass is 16.5. The molecule has 4 saturated carbocycles. The molecule has 30 heavy (non-hydrogen) atoms. The minimum absolute atomic E-state index is 0.0668. The predicted molar refractivity (Wildman–Crippen MR) is 111 cm³/mol. The summed E-state index contributed by atoms with van der Waals surface area (Å²) in [4.78, 5) is 25.4. The monoisotopic (exact) mass is 408 g/mol. The third kappa shape index (κ3) is 3.32. The molecule has 2 aromatic rings. The maximum atomic E-state index is 13.2. The van der Waals surface area contributed by atoms with Crippen LogP contribution in [0.2, 0.25) is 0 Å². The second-order valence-corrected chi connectivity index (χ2v) is 9.83. The average Bonchev–Trinajstić information content (AvgIpc) is 3.10. The number of aryl methyl sites for hydroxylation is 2. The normalized spacial score (nSPS) is 31.5. The Hall–Kier alpha value is -2.63. The number of aromatic nitrogens is 1. The smallest absolute Gasteiger partial charge is 0.312 e. The van der Waals surface area contributed by atoms with Crippen molar-refractivity contribution in [3.63, 3.8) is 0 Å². The number of hydrogen-bond donors (Lipinski definition) is 1. The number of carbonyl (C=O) groups is 2. The summed E-state index contributed by atoms with van der Waals surface area (Å²) >= 11 is 0. The SMILES string of the molecule is Cc1ccc(C23C[C@H]4C[C@@H](CC(C(=O)OCC(=O)Nc5cc(C)on5)(C4)C2)C3)cc1. The molecule has 6 nitrogen and oxygen atoms in total. The van der Waals surface area contributed by atoms with Crippen molar-refractivity contribution in [2.24, 2.45) is 17.3 Å². The molecule has 6 heteroatoms. The Labute approximate surface area is 176 Å². The number of nitrogens with one attached hydrogen (secondary N) is 1. The van der Waals surface area contributed by atoms with Crippen molar-refractivity contribution < 1.29 is 18.8 Å². The van der Waals surface area contributed by atoms with Crippen molar-refractivity contribution in [1.82, 2.24) is 5.16 Å². The molecule has 1 aromatic carbocycles. The van der Waals surface area contributed by atoms with Gasteiger partial charge in [0, 0.05) is 6.07 Å². The first-order chi connectivity index (χ1) is 14.4. The van der Waals surface area contributed by atoms with Gasteiger partial charge in [-0.15, -0.1) is 0 Å². The number of esters is 1. The molecule has 0 aliphatic heterocycles. The van der Waals surface area contributed by atoms with Gasteiger partial charge in [-0.3, -0.25) is 9.59 Å². The second-order valence-electron chi connectivity index (χ2n) is 9.83. The number of anilines is 1. The molecule has 0 radical (unpaired) electrons. The van der Waals surface area contributed by atoms with E-state index in [-0.39, 0.29) is 18.0 Å². The third-order valence-corrected chi connectivity index (χ3v) is 7.39. The number of hydrogen-bond acceptors (Lipinski definition) is 5. The molecule has 0 unspecified atom stereocenters. The highest BCUT2D eigenvalue weighted by Gasteiger charge is 2.61. The fraction of sp³-hybridized carbons (Fsp3) is 0.542. The summed E-state index contributed by atoms with van der Waals surface area (Å²) in [5, 5.41) is 6.35. The van der Waals surface area contributed by atoms with Gasteiger partial charge in [0.05, 0.1) is 5.41 Å². The van der Waals surface area contributed by atoms with Crippen LogP contribution in [0, 0.1) is 31.1 Å². The van der Waals surface area contributed by atoms with Crippen molar-refractivity contribution >= 4 is 17.7 Å². The van der Waals surface area contributed by atoms with Crippen molar-refractivity contribution in [3.8, 4) is 0 Å². The maximum absolute atomic E-state index is 13.2. The second kappa shape index (κ2) is 6.96. The van der Waals surface area contributed by atoms with Gasteiger partial charge in [-0.1, -0.05) is 35.0 Å². The van der Waals surface area contributed by atoms with Gasteiger partial charge >= 0.3 is 5.97 Å². The van der Waals surface area contributed by atoms with Crippen LogP contribution in [0.1, 0.15) is 55.4 Å². The summed E-state index contributed by atoms with van der Waals surface area (Å²) in [6.07, 6.45) is 6.15. The lowest BCUT2D eigenvalue weighted by Crippen LogP contribution is -2.57. The molecule has 2 atom stereocenters. The lowest BCUT2D eigenvalue weighted by molar-refractivity contribution is -0.175. The largest absolute Gasteiger partial charge is 0.455 e. The number of rotatable bonds is 5. The highest BCUT2D eigenvalue weighted by Crippen LogP contribution is 2.66. The van der Waals surface area contributed by atoms with Crippen LogP contribution in [0.3, 0.4) is 0 Å². The number of ether oxygens (including phenoxy) is 1. The summed E-state index contributed by atoms with van der Waals surface area (Å²) in [6.45, 7) is 3.56. The zero-order valence-electron chi connectivity index (χ0n) is 17.6. The van der Waals surface area contributed by atoms with E-state index in [2.05, 4.69) is 41.7 Å². The Morgan fingerprint density at radius 2 is 1.83 bits per heavy atom. The molecule has 158 valence electrons. The van der Waals surface area contributed by atoms with Gasteiger partial charge < -0.3 is 14.6 Å². The van der Waals surface area contributed by atoms with Crippen molar-refractivity contribution in [1.29, 1.82) is 0 Å². The molecule has 1 heterocycles. The van der Waals surface area contributed by atoms with Crippen LogP contribution in [-0.4, -0.2) is 23.6 Å². The molecule has 1 amide bonds. The van der Waals surface area contributed by atoms with Gasteiger partial charge in [-0.25, -0.2) is 0 Å². The standard InChI is InChI=1S/C24H28N2O4/c1-15-3-5-19(6-4-15)23-9-17-8-18(10-23)12-24(11-17,14-23)22(28)29-13-21(27)25-20-7-16(2)30-26-20/h3-7,17-18H,8-14H2,1-2H3,(H,25,26,27)/t17-,18-,23?,24?/m1/s1. The average molecular weight is 408 g/mol. The van der Waals surface area contributed by atoms with Gasteiger partial charge in [-0.05, 0) is 75.2 Å². The lowest BCUT2D eigenvalue weighted by atomic mass is 9.43. The topological polar surface area (TPSA) is 81.4 Å². The molecular formula is C24H28N2O4. The molecule has 6 rings (SSSR count). The van der Waals surface area contributed by atoms with E-state index in [0.717, 1.165) is 32.1 Å². The summed E-state index contributed by atoms with van der Waals surface area (Å²) in [5.74, 6) is 1.47. The molecule has 1 N–H and O–H groups in total. The van der Waals surface area contributed by atoms with Crippen LogP contribution < -0.4 is 5.32 Å². The molecule has 4 aliphatic carbocycles. The Kier molecular flexibility index (Phi) is 4.49. The quantitative estimate of drug-likeness (QED) is 0.746. The lowest BCUT2D eigenvalue weighted by Gasteiger charge is -2.61. The first kappa shape index (κ1) is 19.3. The number of amides is 1. The van der Waals surface area contributed by atoms with E-state index >= 15 is 0 Å². The molecule has 0 spiro atoms. The van der Waals surface area contributed by atoms with Crippen LogP contribution in [0.5, 0.6) is 0 Å². The minimum atomic E-state index is -0.459. The fourth-order valence-electron chi connectivity index (χ4n) is 6.63. The fourth-order valence-corrected chi connectivity index (χ4v) is 6.63. The van der Waals surface area contributed by atoms with Crippen molar-refractivity contribution in [2.45, 2.75) is 57.8 Å². The zero-order chi connectivity index (χ0) is 20.9. The highest BCUT2D eigenvalue weighted by molar-refractivity contribution is 5.92. The van der Waals surface area contributed by atoms with E-state index in [4.69, 9.17) is 9.26 Å². The van der Waals surface area contributed by atoms with E-state index in [9.17, 15) is 9.59 Å². The number of carbonyl (C=O) groups excluding carboxylic acids is 2. The first-order valence-electron chi connectivity index (χ1n) is 10.8. The Bertz CT molecular complexity index is 963.